The fourth-order valence-corrected chi connectivity index (χ4v) is 2.17. The number of hydrogen-bond donors (Lipinski definition) is 1. The van der Waals surface area contributed by atoms with Gasteiger partial charge >= 0.3 is 5.91 Å². The number of hydrogen-bond acceptors (Lipinski definition) is 6. The first-order chi connectivity index (χ1) is 12.0. The molecule has 0 saturated heterocycles. The van der Waals surface area contributed by atoms with Crippen LogP contribution in [-0.2, 0) is 0 Å². The van der Waals surface area contributed by atoms with Gasteiger partial charge in [0.25, 0.3) is 5.69 Å². The summed E-state index contributed by atoms with van der Waals surface area (Å²) in [5.41, 5.74) is 2.62. The minimum Gasteiger partial charge on any atom is -0.456 e. The Morgan fingerprint density at radius 1 is 1.16 bits per heavy atom. The number of hydrazone groups is 1. The van der Waals surface area contributed by atoms with E-state index in [0.717, 1.165) is 0 Å². The van der Waals surface area contributed by atoms with Crippen molar-refractivity contribution in [3.05, 3.63) is 75.9 Å². The number of rotatable bonds is 5. The minimum absolute atomic E-state index is 0.0539. The third-order valence-corrected chi connectivity index (χ3v) is 3.32. The number of nitro groups is 1. The molecule has 0 radical (unpaired) electrons. The van der Waals surface area contributed by atoms with Crippen molar-refractivity contribution in [2.24, 2.45) is 5.10 Å². The summed E-state index contributed by atoms with van der Waals surface area (Å²) in [6.45, 7) is 1.73. The van der Waals surface area contributed by atoms with Gasteiger partial charge < -0.3 is 8.83 Å². The molecule has 3 rings (SSSR count). The summed E-state index contributed by atoms with van der Waals surface area (Å²) >= 11 is 0. The third-order valence-electron chi connectivity index (χ3n) is 3.32. The summed E-state index contributed by atoms with van der Waals surface area (Å²) in [5, 5.41) is 14.8. The van der Waals surface area contributed by atoms with E-state index in [4.69, 9.17) is 8.83 Å². The van der Waals surface area contributed by atoms with Gasteiger partial charge in [0, 0.05) is 6.07 Å². The number of carbonyl (C=O) groups excluding carboxylic acids is 1. The van der Waals surface area contributed by atoms with E-state index in [0.29, 0.717) is 22.8 Å². The van der Waals surface area contributed by atoms with E-state index in [-0.39, 0.29) is 11.4 Å². The lowest BCUT2D eigenvalue weighted by Crippen LogP contribution is -2.16. The number of carbonyl (C=O) groups is 1. The molecular formula is C17H13N3O5. The molecule has 0 unspecified atom stereocenters. The molecule has 126 valence electrons. The normalized spacial score (nSPS) is 10.9. The zero-order valence-electron chi connectivity index (χ0n) is 13.1. The van der Waals surface area contributed by atoms with Crippen molar-refractivity contribution >= 4 is 17.8 Å². The molecule has 0 spiro atoms. The summed E-state index contributed by atoms with van der Waals surface area (Å²) < 4.78 is 10.7. The summed E-state index contributed by atoms with van der Waals surface area (Å²) in [4.78, 5) is 22.4. The van der Waals surface area contributed by atoms with Crippen LogP contribution in [0.5, 0.6) is 0 Å². The largest absolute Gasteiger partial charge is 0.456 e. The van der Waals surface area contributed by atoms with Crippen molar-refractivity contribution < 1.29 is 18.6 Å². The second-order valence-corrected chi connectivity index (χ2v) is 5.09. The van der Waals surface area contributed by atoms with Crippen LogP contribution in [0, 0.1) is 17.0 Å². The summed E-state index contributed by atoms with van der Waals surface area (Å²) in [6.07, 6.45) is 1.30. The maximum absolute atomic E-state index is 11.8. The van der Waals surface area contributed by atoms with Crippen LogP contribution in [0.3, 0.4) is 0 Å². The molecule has 0 aliphatic rings. The van der Waals surface area contributed by atoms with E-state index in [2.05, 4.69) is 10.5 Å². The lowest BCUT2D eigenvalue weighted by atomic mass is 10.1. The van der Waals surface area contributed by atoms with Crippen LogP contribution in [0.4, 0.5) is 5.69 Å². The van der Waals surface area contributed by atoms with E-state index in [9.17, 15) is 14.9 Å². The van der Waals surface area contributed by atoms with E-state index in [1.54, 1.807) is 49.4 Å². The van der Waals surface area contributed by atoms with E-state index >= 15 is 0 Å². The highest BCUT2D eigenvalue weighted by Gasteiger charge is 2.16. The van der Waals surface area contributed by atoms with Gasteiger partial charge in [0.2, 0.25) is 0 Å². The van der Waals surface area contributed by atoms with E-state index in [1.165, 1.54) is 12.3 Å². The van der Waals surface area contributed by atoms with Crippen molar-refractivity contribution in [1.82, 2.24) is 5.43 Å². The van der Waals surface area contributed by atoms with Crippen LogP contribution in [0.1, 0.15) is 22.1 Å². The molecule has 0 aliphatic carbocycles. The second kappa shape index (κ2) is 6.83. The average molecular weight is 339 g/mol. The molecule has 0 saturated carbocycles. The quantitative estimate of drug-likeness (QED) is 0.434. The highest BCUT2D eigenvalue weighted by molar-refractivity contribution is 5.92. The molecule has 1 aromatic carbocycles. The average Bonchev–Trinajstić information content (AvgIpc) is 3.24. The number of amides is 1. The smallest absolute Gasteiger partial charge is 0.307 e. The summed E-state index contributed by atoms with van der Waals surface area (Å²) in [5.74, 6) is 0.949. The number of nitrogens with zero attached hydrogens (tertiary/aromatic N) is 2. The number of furan rings is 2. The Morgan fingerprint density at radius 3 is 2.68 bits per heavy atom. The van der Waals surface area contributed by atoms with Crippen molar-refractivity contribution in [3.63, 3.8) is 0 Å². The van der Waals surface area contributed by atoms with Crippen molar-refractivity contribution in [2.45, 2.75) is 6.92 Å². The number of nitro benzene ring substituents is 1. The third kappa shape index (κ3) is 3.63. The molecule has 0 atom stereocenters. The molecule has 2 aromatic heterocycles. The number of nitrogens with one attached hydrogen (secondary N) is 1. The Labute approximate surface area is 141 Å². The fourth-order valence-electron chi connectivity index (χ4n) is 2.17. The highest BCUT2D eigenvalue weighted by atomic mass is 16.6. The lowest BCUT2D eigenvalue weighted by molar-refractivity contribution is -0.384. The predicted molar refractivity (Wildman–Crippen MR) is 89.3 cm³/mol. The number of benzene rings is 1. The molecule has 8 heteroatoms. The van der Waals surface area contributed by atoms with Gasteiger partial charge in [0.1, 0.15) is 17.3 Å². The van der Waals surface area contributed by atoms with E-state index in [1.807, 2.05) is 0 Å². The van der Waals surface area contributed by atoms with Crippen molar-refractivity contribution in [1.29, 1.82) is 0 Å². The van der Waals surface area contributed by atoms with Crippen LogP contribution < -0.4 is 5.43 Å². The standard InChI is InChI=1S/C17H13N3O5/c1-11-6-8-16(24-11)17(21)19-18-10-12-7-9-15(25-12)13-4-2-3-5-14(13)20(22)23/h2-10H,1H3,(H,19,21)/b18-10-. The van der Waals surface area contributed by atoms with Crippen LogP contribution in [0.25, 0.3) is 11.3 Å². The SMILES string of the molecule is Cc1ccc(C(=O)N/N=C\c2ccc(-c3ccccc3[N+](=O)[O-])o2)o1. The van der Waals surface area contributed by atoms with Gasteiger partial charge in [-0.15, -0.1) is 0 Å². The first kappa shape index (κ1) is 16.2. The lowest BCUT2D eigenvalue weighted by Gasteiger charge is -1.98. The number of aryl methyl sites for hydroxylation is 1. The monoisotopic (exact) mass is 339 g/mol. The Kier molecular flexibility index (Phi) is 4.42. The molecule has 0 bridgehead atoms. The molecular weight excluding hydrogens is 326 g/mol. The Morgan fingerprint density at radius 2 is 1.96 bits per heavy atom. The summed E-state index contributed by atoms with van der Waals surface area (Å²) in [6, 6.07) is 12.7. The molecule has 1 N–H and O–H groups in total. The van der Waals surface area contributed by atoms with Crippen molar-refractivity contribution in [2.75, 3.05) is 0 Å². The molecule has 3 aromatic rings. The molecule has 2 heterocycles. The molecule has 25 heavy (non-hydrogen) atoms. The first-order valence-electron chi connectivity index (χ1n) is 7.28. The highest BCUT2D eigenvalue weighted by Crippen LogP contribution is 2.30. The Balaban J connectivity index is 1.72. The van der Waals surface area contributed by atoms with Crippen LogP contribution in [0.15, 0.2) is 62.5 Å². The van der Waals surface area contributed by atoms with Gasteiger partial charge in [0.15, 0.2) is 5.76 Å². The Hall–Kier alpha value is -3.68. The molecule has 1 amide bonds. The van der Waals surface area contributed by atoms with Gasteiger partial charge in [-0.2, -0.15) is 5.10 Å². The number of para-hydroxylation sites is 1. The van der Waals surface area contributed by atoms with Gasteiger partial charge in [-0.3, -0.25) is 14.9 Å². The minimum atomic E-state index is -0.491. The molecule has 0 fully saturated rings. The van der Waals surface area contributed by atoms with Gasteiger partial charge in [-0.05, 0) is 37.3 Å². The first-order valence-corrected chi connectivity index (χ1v) is 7.28. The van der Waals surface area contributed by atoms with Gasteiger partial charge in [-0.1, -0.05) is 12.1 Å². The summed E-state index contributed by atoms with van der Waals surface area (Å²) in [7, 11) is 0. The fraction of sp³-hybridized carbons (Fsp3) is 0.0588. The topological polar surface area (TPSA) is 111 Å². The molecule has 0 aliphatic heterocycles. The maximum Gasteiger partial charge on any atom is 0.307 e. The van der Waals surface area contributed by atoms with Crippen LogP contribution >= 0.6 is 0 Å². The molecule has 8 nitrogen and oxygen atoms in total. The van der Waals surface area contributed by atoms with Crippen LogP contribution in [-0.4, -0.2) is 17.0 Å². The van der Waals surface area contributed by atoms with E-state index < -0.39 is 10.8 Å². The maximum atomic E-state index is 11.8. The van der Waals surface area contributed by atoms with Gasteiger partial charge in [-0.25, -0.2) is 5.43 Å². The zero-order valence-corrected chi connectivity index (χ0v) is 13.1. The van der Waals surface area contributed by atoms with Gasteiger partial charge in [0.05, 0.1) is 16.7 Å². The second-order valence-electron chi connectivity index (χ2n) is 5.09. The van der Waals surface area contributed by atoms with Crippen molar-refractivity contribution in [3.8, 4) is 11.3 Å². The zero-order chi connectivity index (χ0) is 17.8. The Bertz CT molecular complexity index is 955. The van der Waals surface area contributed by atoms with Crippen LogP contribution in [0.2, 0.25) is 0 Å². The predicted octanol–water partition coefficient (Wildman–Crippen LogP) is 3.52.